The van der Waals surface area contributed by atoms with E-state index in [9.17, 15) is 14.4 Å². The minimum Gasteiger partial charge on any atom is -0.462 e. The summed E-state index contributed by atoms with van der Waals surface area (Å²) < 4.78 is 7.15. The molecular formula is C24H21ClN2O4S. The van der Waals surface area contributed by atoms with E-state index in [0.29, 0.717) is 11.6 Å². The largest absolute Gasteiger partial charge is 0.462 e. The zero-order chi connectivity index (χ0) is 22.8. The molecule has 0 bridgehead atoms. The molecule has 3 aromatic rings. The zero-order valence-electron chi connectivity index (χ0n) is 17.6. The van der Waals surface area contributed by atoms with Crippen molar-refractivity contribution in [2.24, 2.45) is 0 Å². The lowest BCUT2D eigenvalue weighted by Crippen LogP contribution is -2.35. The predicted octanol–water partition coefficient (Wildman–Crippen LogP) is 5.33. The fraction of sp³-hybridized carbons (Fsp3) is 0.208. The summed E-state index contributed by atoms with van der Waals surface area (Å²) in [4.78, 5) is 38.3. The molecule has 1 aromatic heterocycles. The summed E-state index contributed by atoms with van der Waals surface area (Å²) in [5, 5.41) is 1.17. The molecule has 6 nitrogen and oxygen atoms in total. The van der Waals surface area contributed by atoms with Gasteiger partial charge in [-0.15, -0.1) is 0 Å². The van der Waals surface area contributed by atoms with E-state index in [4.69, 9.17) is 16.3 Å². The number of rotatable bonds is 6. The molecule has 4 rings (SSSR count). The summed E-state index contributed by atoms with van der Waals surface area (Å²) in [5.41, 5.74) is 2.92. The van der Waals surface area contributed by atoms with Crippen LogP contribution in [-0.4, -0.2) is 39.2 Å². The van der Waals surface area contributed by atoms with Crippen molar-refractivity contribution in [2.45, 2.75) is 26.5 Å². The lowest BCUT2D eigenvalue weighted by Gasteiger charge is -2.13. The van der Waals surface area contributed by atoms with Crippen LogP contribution in [0.25, 0.3) is 17.0 Å². The van der Waals surface area contributed by atoms with Crippen molar-refractivity contribution in [3.8, 4) is 0 Å². The molecule has 8 heteroatoms. The fourth-order valence-corrected chi connectivity index (χ4v) is 4.47. The summed E-state index contributed by atoms with van der Waals surface area (Å²) >= 11 is 6.82. The van der Waals surface area contributed by atoms with Crippen molar-refractivity contribution in [3.63, 3.8) is 0 Å². The van der Waals surface area contributed by atoms with E-state index in [1.807, 2.05) is 54.7 Å². The van der Waals surface area contributed by atoms with E-state index in [1.54, 1.807) is 19.9 Å². The molecule has 2 heterocycles. The molecular weight excluding hydrogens is 448 g/mol. The minimum absolute atomic E-state index is 0.279. The Labute approximate surface area is 194 Å². The van der Waals surface area contributed by atoms with Gasteiger partial charge in [-0.05, 0) is 55.4 Å². The Bertz CT molecular complexity index is 1230. The second-order valence-electron chi connectivity index (χ2n) is 7.66. The van der Waals surface area contributed by atoms with Gasteiger partial charge < -0.3 is 9.30 Å². The van der Waals surface area contributed by atoms with Crippen LogP contribution in [0.15, 0.2) is 59.6 Å². The number of fused-ring (bicyclic) bond motifs is 1. The highest BCUT2D eigenvalue weighted by Gasteiger charge is 2.37. The summed E-state index contributed by atoms with van der Waals surface area (Å²) in [7, 11) is 0. The maximum Gasteiger partial charge on any atom is 0.326 e. The molecule has 0 aliphatic carbocycles. The van der Waals surface area contributed by atoms with Crippen molar-refractivity contribution >= 4 is 57.5 Å². The van der Waals surface area contributed by atoms with E-state index in [-0.39, 0.29) is 11.0 Å². The molecule has 32 heavy (non-hydrogen) atoms. The lowest BCUT2D eigenvalue weighted by molar-refractivity contribution is -0.149. The van der Waals surface area contributed by atoms with E-state index < -0.39 is 23.7 Å². The molecule has 1 fully saturated rings. The van der Waals surface area contributed by atoms with Crippen molar-refractivity contribution in [1.29, 1.82) is 0 Å². The third kappa shape index (κ3) is 4.74. The quantitative estimate of drug-likeness (QED) is 0.361. The first-order chi connectivity index (χ1) is 15.3. The monoisotopic (exact) mass is 468 g/mol. The summed E-state index contributed by atoms with van der Waals surface area (Å²) in [6.07, 6.45) is 3.35. The number of carbonyl (C=O) groups is 3. The van der Waals surface area contributed by atoms with Crippen molar-refractivity contribution in [3.05, 3.63) is 75.8 Å². The molecule has 0 radical (unpaired) electrons. The number of hydrogen-bond acceptors (Lipinski definition) is 5. The van der Waals surface area contributed by atoms with Gasteiger partial charge in [0.15, 0.2) is 0 Å². The third-order valence-electron chi connectivity index (χ3n) is 4.90. The number of para-hydroxylation sites is 1. The number of thioether (sulfide) groups is 1. The number of hydrogen-bond donors (Lipinski definition) is 0. The molecule has 164 valence electrons. The van der Waals surface area contributed by atoms with Crippen molar-refractivity contribution in [1.82, 2.24) is 9.47 Å². The first-order valence-corrected chi connectivity index (χ1v) is 11.3. The summed E-state index contributed by atoms with van der Waals surface area (Å²) in [6, 6.07) is 15.5. The number of carbonyl (C=O) groups excluding carboxylic acids is 3. The van der Waals surface area contributed by atoms with Gasteiger partial charge in [0.05, 0.1) is 11.0 Å². The topological polar surface area (TPSA) is 68.6 Å². The van der Waals surface area contributed by atoms with Crippen LogP contribution in [0, 0.1) is 0 Å². The summed E-state index contributed by atoms with van der Waals surface area (Å²) in [5.74, 6) is -1.10. The fourth-order valence-electron chi connectivity index (χ4n) is 3.51. The molecule has 1 saturated heterocycles. The SMILES string of the molecule is CC(C)OC(=O)CN1C(=O)S/C(=C/c2cn(Cc3ccc(Cl)cc3)c3ccccc23)C1=O. The Balaban J connectivity index is 1.62. The number of halogens is 1. The maximum atomic E-state index is 12.8. The molecule has 0 saturated carbocycles. The number of nitrogens with zero attached hydrogens (tertiary/aromatic N) is 2. The predicted molar refractivity (Wildman–Crippen MR) is 126 cm³/mol. The average molecular weight is 469 g/mol. The number of aromatic nitrogens is 1. The maximum absolute atomic E-state index is 12.8. The second kappa shape index (κ2) is 9.22. The highest BCUT2D eigenvalue weighted by atomic mass is 35.5. The van der Waals surface area contributed by atoms with Crippen LogP contribution in [0.4, 0.5) is 4.79 Å². The third-order valence-corrected chi connectivity index (χ3v) is 6.06. The van der Waals surface area contributed by atoms with Crippen LogP contribution < -0.4 is 0 Å². The van der Waals surface area contributed by atoms with Gasteiger partial charge in [-0.2, -0.15) is 0 Å². The first-order valence-electron chi connectivity index (χ1n) is 10.1. The molecule has 1 aliphatic heterocycles. The van der Waals surface area contributed by atoms with Crippen molar-refractivity contribution in [2.75, 3.05) is 6.54 Å². The van der Waals surface area contributed by atoms with Crippen LogP contribution in [0.2, 0.25) is 5.02 Å². The van der Waals surface area contributed by atoms with E-state index in [0.717, 1.165) is 38.7 Å². The molecule has 0 atom stereocenters. The van der Waals surface area contributed by atoms with Crippen molar-refractivity contribution < 1.29 is 19.1 Å². The number of ether oxygens (including phenoxy) is 1. The number of imide groups is 1. The van der Waals surface area contributed by atoms with E-state index in [2.05, 4.69) is 4.57 Å². The Kier molecular flexibility index (Phi) is 6.39. The van der Waals surface area contributed by atoms with Gasteiger partial charge in [0.2, 0.25) is 0 Å². The number of benzene rings is 2. The molecule has 2 aromatic carbocycles. The van der Waals surface area contributed by atoms with Crippen LogP contribution in [0.5, 0.6) is 0 Å². The molecule has 0 spiro atoms. The highest BCUT2D eigenvalue weighted by molar-refractivity contribution is 8.18. The van der Waals surface area contributed by atoms with Gasteiger partial charge in [0.1, 0.15) is 6.54 Å². The molecule has 0 N–H and O–H groups in total. The van der Waals surface area contributed by atoms with E-state index >= 15 is 0 Å². The van der Waals surface area contributed by atoms with Crippen LogP contribution in [-0.2, 0) is 20.9 Å². The zero-order valence-corrected chi connectivity index (χ0v) is 19.2. The number of esters is 1. The van der Waals surface area contributed by atoms with Gasteiger partial charge in [-0.1, -0.05) is 41.9 Å². The average Bonchev–Trinajstić information content (AvgIpc) is 3.21. The van der Waals surface area contributed by atoms with Gasteiger partial charge in [0, 0.05) is 34.2 Å². The molecule has 1 aliphatic rings. The molecule has 0 unspecified atom stereocenters. The second-order valence-corrected chi connectivity index (χ2v) is 9.09. The van der Waals surface area contributed by atoms with Gasteiger partial charge >= 0.3 is 5.97 Å². The minimum atomic E-state index is -0.608. The normalized spacial score (nSPS) is 15.4. The van der Waals surface area contributed by atoms with E-state index in [1.165, 1.54) is 0 Å². The van der Waals surface area contributed by atoms with Gasteiger partial charge in [-0.3, -0.25) is 19.3 Å². The molecule has 2 amide bonds. The standard InChI is InChI=1S/C24H21ClN2O4S/c1-15(2)31-22(28)14-27-23(29)21(32-24(27)30)11-17-13-26(20-6-4-3-5-19(17)20)12-16-7-9-18(25)10-8-16/h3-11,13,15H,12,14H2,1-2H3/b21-11+. The first kappa shape index (κ1) is 22.2. The number of amides is 2. The smallest absolute Gasteiger partial charge is 0.326 e. The van der Waals surface area contributed by atoms with Crippen LogP contribution >= 0.6 is 23.4 Å². The van der Waals surface area contributed by atoms with Crippen LogP contribution in [0.3, 0.4) is 0 Å². The van der Waals surface area contributed by atoms with Gasteiger partial charge in [-0.25, -0.2) is 0 Å². The highest BCUT2D eigenvalue weighted by Crippen LogP contribution is 2.34. The lowest BCUT2D eigenvalue weighted by atomic mass is 10.1. The Hall–Kier alpha value is -3.03. The Morgan fingerprint density at radius 2 is 1.84 bits per heavy atom. The Morgan fingerprint density at radius 3 is 2.56 bits per heavy atom. The summed E-state index contributed by atoms with van der Waals surface area (Å²) in [6.45, 7) is 3.67. The Morgan fingerprint density at radius 1 is 1.12 bits per heavy atom. The van der Waals surface area contributed by atoms with Crippen LogP contribution in [0.1, 0.15) is 25.0 Å². The van der Waals surface area contributed by atoms with Gasteiger partial charge in [0.25, 0.3) is 11.1 Å².